The fourth-order valence-electron chi connectivity index (χ4n) is 3.58. The van der Waals surface area contributed by atoms with Gasteiger partial charge in [-0.2, -0.15) is 0 Å². The largest absolute Gasteiger partial charge is 0.457 e. The normalized spacial score (nSPS) is 17.9. The number of halogens is 1. The molecular weight excluding hydrogens is 376 g/mol. The van der Waals surface area contributed by atoms with Crippen molar-refractivity contribution in [1.82, 2.24) is 4.90 Å². The maximum atomic E-state index is 13.0. The van der Waals surface area contributed by atoms with Crippen molar-refractivity contribution < 1.29 is 14.3 Å². The van der Waals surface area contributed by atoms with Crippen molar-refractivity contribution >= 4 is 29.1 Å². The van der Waals surface area contributed by atoms with Crippen LogP contribution in [0.25, 0.3) is 0 Å². The fourth-order valence-corrected chi connectivity index (χ4v) is 3.87. The molecule has 0 saturated carbocycles. The van der Waals surface area contributed by atoms with Crippen LogP contribution >= 0.6 is 11.6 Å². The molecule has 0 N–H and O–H groups in total. The second-order valence-electron chi connectivity index (χ2n) is 6.92. The van der Waals surface area contributed by atoms with Crippen LogP contribution in [0.15, 0.2) is 65.3 Å². The highest BCUT2D eigenvalue weighted by Gasteiger charge is 2.41. The molecule has 0 aromatic heterocycles. The van der Waals surface area contributed by atoms with Gasteiger partial charge in [0, 0.05) is 13.1 Å². The zero-order valence-electron chi connectivity index (χ0n) is 15.4. The quantitative estimate of drug-likeness (QED) is 0.704. The molecule has 0 aliphatic carbocycles. The van der Waals surface area contributed by atoms with Crippen LogP contribution in [0.2, 0.25) is 0 Å². The van der Waals surface area contributed by atoms with Gasteiger partial charge in [0.05, 0.1) is 5.69 Å². The van der Waals surface area contributed by atoms with Crippen molar-refractivity contribution in [3.05, 3.63) is 65.3 Å². The lowest BCUT2D eigenvalue weighted by molar-refractivity contribution is -0.121. The summed E-state index contributed by atoms with van der Waals surface area (Å²) in [5.41, 5.74) is 0.816. The lowest BCUT2D eigenvalue weighted by atomic mass is 10.2. The van der Waals surface area contributed by atoms with Gasteiger partial charge in [-0.15, -0.1) is 0 Å². The standard InChI is InChI=1S/C22H21ClN2O3/c23-19-20(24-14-6-1-2-7-15-24)22(27)25(21(19)26)16-10-12-18(13-11-16)28-17-8-4-3-5-9-17/h3-5,8-13H,1-2,6-7,14-15H2. The van der Waals surface area contributed by atoms with Gasteiger partial charge in [0.25, 0.3) is 11.8 Å². The highest BCUT2D eigenvalue weighted by molar-refractivity contribution is 6.52. The Hall–Kier alpha value is -2.79. The Balaban J connectivity index is 1.53. The van der Waals surface area contributed by atoms with Crippen molar-refractivity contribution in [2.24, 2.45) is 0 Å². The molecule has 2 aliphatic heterocycles. The third kappa shape index (κ3) is 3.62. The number of carbonyl (C=O) groups excluding carboxylic acids is 2. The summed E-state index contributed by atoms with van der Waals surface area (Å²) in [6.45, 7) is 1.50. The number of hydrogen-bond acceptors (Lipinski definition) is 4. The van der Waals surface area contributed by atoms with E-state index >= 15 is 0 Å². The third-order valence-electron chi connectivity index (χ3n) is 5.00. The van der Waals surface area contributed by atoms with Gasteiger partial charge >= 0.3 is 0 Å². The number of nitrogens with zero attached hydrogens (tertiary/aromatic N) is 2. The predicted octanol–water partition coefficient (Wildman–Crippen LogP) is 4.68. The van der Waals surface area contributed by atoms with Crippen molar-refractivity contribution in [2.75, 3.05) is 18.0 Å². The molecule has 2 aliphatic rings. The molecule has 0 radical (unpaired) electrons. The topological polar surface area (TPSA) is 49.9 Å². The smallest absolute Gasteiger partial charge is 0.283 e. The number of benzene rings is 2. The third-order valence-corrected chi connectivity index (χ3v) is 5.34. The first kappa shape index (κ1) is 18.6. The first-order valence-corrected chi connectivity index (χ1v) is 9.89. The second kappa shape index (κ2) is 8.07. The van der Waals surface area contributed by atoms with Crippen LogP contribution < -0.4 is 9.64 Å². The van der Waals surface area contributed by atoms with Crippen molar-refractivity contribution in [3.8, 4) is 11.5 Å². The van der Waals surface area contributed by atoms with Gasteiger partial charge in [-0.1, -0.05) is 42.6 Å². The fraction of sp³-hybridized carbons (Fsp3) is 0.273. The maximum absolute atomic E-state index is 13.0. The molecule has 28 heavy (non-hydrogen) atoms. The Morgan fingerprint density at radius 3 is 2.00 bits per heavy atom. The molecule has 0 bridgehead atoms. The van der Waals surface area contributed by atoms with Gasteiger partial charge in [-0.05, 0) is 49.2 Å². The number of likely N-dealkylation sites (tertiary alicyclic amines) is 1. The summed E-state index contributed by atoms with van der Waals surface area (Å²) in [6.07, 6.45) is 4.27. The molecule has 2 aromatic carbocycles. The minimum absolute atomic E-state index is 0.0107. The average Bonchev–Trinajstić information content (AvgIpc) is 2.90. The molecule has 2 amide bonds. The van der Waals surface area contributed by atoms with Crippen LogP contribution in [0, 0.1) is 0 Å². The Kier molecular flexibility index (Phi) is 5.35. The monoisotopic (exact) mass is 396 g/mol. The summed E-state index contributed by atoms with van der Waals surface area (Å²) in [7, 11) is 0. The van der Waals surface area contributed by atoms with Crippen molar-refractivity contribution in [1.29, 1.82) is 0 Å². The molecule has 6 heteroatoms. The highest BCUT2D eigenvalue weighted by atomic mass is 35.5. The SMILES string of the molecule is O=C1C(Cl)=C(N2CCCCCC2)C(=O)N1c1ccc(Oc2ccccc2)cc1. The predicted molar refractivity (Wildman–Crippen MR) is 108 cm³/mol. The van der Waals surface area contributed by atoms with Gasteiger partial charge in [0.2, 0.25) is 0 Å². The van der Waals surface area contributed by atoms with E-state index < -0.39 is 5.91 Å². The van der Waals surface area contributed by atoms with Crippen LogP contribution in [0.3, 0.4) is 0 Å². The number of amides is 2. The number of imide groups is 1. The van der Waals surface area contributed by atoms with Crippen molar-refractivity contribution in [3.63, 3.8) is 0 Å². The maximum Gasteiger partial charge on any atom is 0.283 e. The van der Waals surface area contributed by atoms with E-state index in [0.29, 0.717) is 17.1 Å². The van der Waals surface area contributed by atoms with Crippen LogP contribution in [0.4, 0.5) is 5.69 Å². The summed E-state index contributed by atoms with van der Waals surface area (Å²) in [6, 6.07) is 16.3. The number of carbonyl (C=O) groups is 2. The van der Waals surface area contributed by atoms with Gasteiger partial charge in [0.1, 0.15) is 22.2 Å². The highest BCUT2D eigenvalue weighted by Crippen LogP contribution is 2.33. The Morgan fingerprint density at radius 2 is 1.36 bits per heavy atom. The van der Waals surface area contributed by atoms with Gasteiger partial charge in [-0.3, -0.25) is 9.59 Å². The van der Waals surface area contributed by atoms with Crippen LogP contribution in [0.5, 0.6) is 11.5 Å². The molecule has 0 unspecified atom stereocenters. The van der Waals surface area contributed by atoms with E-state index in [0.717, 1.165) is 49.4 Å². The molecule has 0 atom stereocenters. The number of anilines is 1. The minimum atomic E-state index is -0.470. The number of hydrogen-bond donors (Lipinski definition) is 0. The van der Waals surface area contributed by atoms with E-state index in [1.54, 1.807) is 24.3 Å². The van der Waals surface area contributed by atoms with Crippen LogP contribution in [-0.4, -0.2) is 29.8 Å². The van der Waals surface area contributed by atoms with E-state index in [1.807, 2.05) is 35.2 Å². The average molecular weight is 397 g/mol. The summed E-state index contributed by atoms with van der Waals surface area (Å²) in [4.78, 5) is 28.8. The van der Waals surface area contributed by atoms with E-state index in [2.05, 4.69) is 0 Å². The van der Waals surface area contributed by atoms with Gasteiger partial charge in [0.15, 0.2) is 0 Å². The molecule has 5 nitrogen and oxygen atoms in total. The summed E-state index contributed by atoms with van der Waals surface area (Å²) in [5.74, 6) is 0.522. The van der Waals surface area contributed by atoms with E-state index in [4.69, 9.17) is 16.3 Å². The molecule has 2 heterocycles. The molecule has 2 aromatic rings. The Bertz CT molecular complexity index is 901. The van der Waals surface area contributed by atoms with Crippen LogP contribution in [-0.2, 0) is 9.59 Å². The molecule has 144 valence electrons. The number of ether oxygens (including phenoxy) is 1. The van der Waals surface area contributed by atoms with E-state index in [9.17, 15) is 9.59 Å². The van der Waals surface area contributed by atoms with Gasteiger partial charge in [-0.25, -0.2) is 4.90 Å². The summed E-state index contributed by atoms with van der Waals surface area (Å²) >= 11 is 6.29. The van der Waals surface area contributed by atoms with Gasteiger partial charge < -0.3 is 9.64 Å². The van der Waals surface area contributed by atoms with E-state index in [-0.39, 0.29) is 10.9 Å². The number of para-hydroxylation sites is 1. The zero-order chi connectivity index (χ0) is 19.5. The summed E-state index contributed by atoms with van der Waals surface area (Å²) in [5, 5.41) is 0.0107. The van der Waals surface area contributed by atoms with Crippen molar-refractivity contribution in [2.45, 2.75) is 25.7 Å². The molecule has 4 rings (SSSR count). The zero-order valence-corrected chi connectivity index (χ0v) is 16.2. The van der Waals surface area contributed by atoms with Crippen LogP contribution in [0.1, 0.15) is 25.7 Å². The molecule has 1 saturated heterocycles. The minimum Gasteiger partial charge on any atom is -0.457 e. The molecular formula is C22H21ClN2O3. The Morgan fingerprint density at radius 1 is 0.750 bits per heavy atom. The first-order chi connectivity index (χ1) is 13.6. The lowest BCUT2D eigenvalue weighted by Gasteiger charge is -2.23. The first-order valence-electron chi connectivity index (χ1n) is 9.51. The van der Waals surface area contributed by atoms with E-state index in [1.165, 1.54) is 0 Å². The Labute approximate surface area is 169 Å². The second-order valence-corrected chi connectivity index (χ2v) is 7.30. The molecule has 1 fully saturated rings. The summed E-state index contributed by atoms with van der Waals surface area (Å²) < 4.78 is 5.77. The lowest BCUT2D eigenvalue weighted by Crippen LogP contribution is -2.35. The number of rotatable bonds is 4. The molecule has 0 spiro atoms.